The van der Waals surface area contributed by atoms with Crippen LogP contribution in [0.15, 0.2) is 48.5 Å². The summed E-state index contributed by atoms with van der Waals surface area (Å²) in [6.07, 6.45) is 2.06. The smallest absolute Gasteiger partial charge is 0.321 e. The van der Waals surface area contributed by atoms with Crippen molar-refractivity contribution >= 4 is 11.7 Å². The molecule has 1 N–H and O–H groups in total. The zero-order chi connectivity index (χ0) is 21.4. The largest absolute Gasteiger partial charge is 0.486 e. The fourth-order valence-corrected chi connectivity index (χ4v) is 5.35. The van der Waals surface area contributed by atoms with Gasteiger partial charge < -0.3 is 19.7 Å². The Balaban J connectivity index is 1.24. The molecule has 0 saturated carbocycles. The Bertz CT molecular complexity index is 938. The zero-order valence-electron chi connectivity index (χ0n) is 18.3. The number of carbonyl (C=O) groups excluding carboxylic acids is 1. The van der Waals surface area contributed by atoms with Crippen LogP contribution in [0.4, 0.5) is 10.5 Å². The van der Waals surface area contributed by atoms with Gasteiger partial charge in [-0.15, -0.1) is 0 Å². The first-order chi connectivity index (χ1) is 15.1. The highest BCUT2D eigenvalue weighted by Crippen LogP contribution is 2.55. The van der Waals surface area contributed by atoms with Gasteiger partial charge in [0.15, 0.2) is 11.5 Å². The number of nitrogens with zero attached hydrogens (tertiary/aromatic N) is 2. The van der Waals surface area contributed by atoms with Crippen LogP contribution in [-0.2, 0) is 0 Å². The van der Waals surface area contributed by atoms with E-state index in [0.717, 1.165) is 43.9 Å². The molecule has 3 heterocycles. The molecule has 2 amide bonds. The van der Waals surface area contributed by atoms with Gasteiger partial charge in [-0.05, 0) is 44.4 Å². The fraction of sp³-hybridized carbons (Fsp3) is 0.480. The maximum atomic E-state index is 12.9. The minimum Gasteiger partial charge on any atom is -0.486 e. The summed E-state index contributed by atoms with van der Waals surface area (Å²) in [5, 5.41) is 3.04. The van der Waals surface area contributed by atoms with Crippen LogP contribution in [0.25, 0.3) is 0 Å². The van der Waals surface area contributed by atoms with Gasteiger partial charge in [-0.25, -0.2) is 4.79 Å². The number of benzene rings is 2. The van der Waals surface area contributed by atoms with Crippen molar-refractivity contribution < 1.29 is 14.3 Å². The summed E-state index contributed by atoms with van der Waals surface area (Å²) in [6, 6.07) is 17.3. The molecular weight excluding hydrogens is 390 g/mol. The Hall–Kier alpha value is -2.73. The van der Waals surface area contributed by atoms with Gasteiger partial charge in [0, 0.05) is 48.9 Å². The zero-order valence-corrected chi connectivity index (χ0v) is 18.3. The van der Waals surface area contributed by atoms with E-state index in [1.807, 2.05) is 23.1 Å². The molecule has 2 aromatic rings. The van der Waals surface area contributed by atoms with Crippen molar-refractivity contribution in [3.05, 3.63) is 54.1 Å². The standard InChI is InChI=1S/C25H31N3O3/c1-18(2)28-17-25(23(28)19-6-4-3-5-7-19)10-12-27(13-11-25)24(29)26-20-8-9-21-22(16-20)31-15-14-30-21/h3-9,16,18,23H,10-15,17H2,1-2H3,(H,26,29)/t23-/m1/s1. The van der Waals surface area contributed by atoms with Crippen LogP contribution < -0.4 is 14.8 Å². The van der Waals surface area contributed by atoms with E-state index < -0.39 is 0 Å². The average Bonchev–Trinajstić information content (AvgIpc) is 2.78. The Labute approximate surface area is 184 Å². The summed E-state index contributed by atoms with van der Waals surface area (Å²) in [7, 11) is 0. The predicted octanol–water partition coefficient (Wildman–Crippen LogP) is 4.54. The Kier molecular flexibility index (Phi) is 5.26. The lowest BCUT2D eigenvalue weighted by Crippen LogP contribution is -2.64. The molecule has 0 aromatic heterocycles. The number of amides is 2. The van der Waals surface area contributed by atoms with Gasteiger partial charge in [-0.1, -0.05) is 30.3 Å². The average molecular weight is 422 g/mol. The Morgan fingerprint density at radius 3 is 2.45 bits per heavy atom. The van der Waals surface area contributed by atoms with Gasteiger partial charge in [0.05, 0.1) is 0 Å². The molecule has 6 nitrogen and oxygen atoms in total. The van der Waals surface area contributed by atoms with Crippen LogP contribution in [0.3, 0.4) is 0 Å². The summed E-state index contributed by atoms with van der Waals surface area (Å²) < 4.78 is 11.2. The minimum absolute atomic E-state index is 0.0390. The number of piperidine rings is 1. The molecule has 3 aliphatic rings. The summed E-state index contributed by atoms with van der Waals surface area (Å²) in [5.41, 5.74) is 2.40. The van der Waals surface area contributed by atoms with Crippen molar-refractivity contribution in [2.45, 2.75) is 38.8 Å². The van der Waals surface area contributed by atoms with Crippen LogP contribution in [0.5, 0.6) is 11.5 Å². The fourth-order valence-electron chi connectivity index (χ4n) is 5.35. The normalized spacial score (nSPS) is 22.3. The topological polar surface area (TPSA) is 54.0 Å². The molecule has 2 fully saturated rings. The van der Waals surface area contributed by atoms with Gasteiger partial charge in [0.1, 0.15) is 13.2 Å². The lowest BCUT2D eigenvalue weighted by atomic mass is 9.62. The number of anilines is 1. The second-order valence-corrected chi connectivity index (χ2v) is 9.22. The van der Waals surface area contributed by atoms with Crippen molar-refractivity contribution in [1.29, 1.82) is 0 Å². The maximum Gasteiger partial charge on any atom is 0.321 e. The molecule has 31 heavy (non-hydrogen) atoms. The molecular formula is C25H31N3O3. The van der Waals surface area contributed by atoms with Crippen LogP contribution >= 0.6 is 0 Å². The number of hydrogen-bond acceptors (Lipinski definition) is 4. The molecule has 0 unspecified atom stereocenters. The molecule has 0 radical (unpaired) electrons. The number of urea groups is 1. The third-order valence-corrected chi connectivity index (χ3v) is 7.03. The SMILES string of the molecule is CC(C)N1CC2(CCN(C(=O)Nc3ccc4c(c3)OCCO4)CC2)[C@H]1c1ccccc1. The molecule has 5 rings (SSSR count). The third-order valence-electron chi connectivity index (χ3n) is 7.03. The molecule has 0 aliphatic carbocycles. The van der Waals surface area contributed by atoms with Crippen LogP contribution in [-0.4, -0.2) is 54.7 Å². The van der Waals surface area contributed by atoms with Crippen molar-refractivity contribution in [2.24, 2.45) is 5.41 Å². The van der Waals surface area contributed by atoms with E-state index in [9.17, 15) is 4.79 Å². The molecule has 2 aromatic carbocycles. The van der Waals surface area contributed by atoms with E-state index in [1.54, 1.807) is 0 Å². The lowest BCUT2D eigenvalue weighted by molar-refractivity contribution is -0.123. The second-order valence-electron chi connectivity index (χ2n) is 9.22. The first-order valence-electron chi connectivity index (χ1n) is 11.3. The monoisotopic (exact) mass is 421 g/mol. The highest BCUT2D eigenvalue weighted by atomic mass is 16.6. The molecule has 1 atom stereocenters. The molecule has 1 spiro atoms. The van der Waals surface area contributed by atoms with Crippen molar-refractivity contribution in [3.63, 3.8) is 0 Å². The Morgan fingerprint density at radius 1 is 1.03 bits per heavy atom. The first kappa shape index (κ1) is 20.2. The van der Waals surface area contributed by atoms with Crippen molar-refractivity contribution in [2.75, 3.05) is 38.2 Å². The van der Waals surface area contributed by atoms with Crippen LogP contribution in [0.2, 0.25) is 0 Å². The van der Waals surface area contributed by atoms with Gasteiger partial charge in [-0.2, -0.15) is 0 Å². The van der Waals surface area contributed by atoms with E-state index in [-0.39, 0.29) is 11.4 Å². The predicted molar refractivity (Wildman–Crippen MR) is 121 cm³/mol. The second kappa shape index (κ2) is 8.08. The molecule has 6 heteroatoms. The van der Waals surface area contributed by atoms with E-state index in [4.69, 9.17) is 9.47 Å². The quantitative estimate of drug-likeness (QED) is 0.791. The van der Waals surface area contributed by atoms with Gasteiger partial charge in [0.25, 0.3) is 0 Å². The maximum absolute atomic E-state index is 12.9. The summed E-state index contributed by atoms with van der Waals surface area (Å²) in [4.78, 5) is 17.5. The van der Waals surface area contributed by atoms with Crippen LogP contribution in [0.1, 0.15) is 38.3 Å². The van der Waals surface area contributed by atoms with E-state index >= 15 is 0 Å². The minimum atomic E-state index is -0.0390. The van der Waals surface area contributed by atoms with Crippen molar-refractivity contribution in [3.8, 4) is 11.5 Å². The molecule has 0 bridgehead atoms. The summed E-state index contributed by atoms with van der Waals surface area (Å²) in [5.74, 6) is 1.42. The van der Waals surface area contributed by atoms with E-state index in [1.165, 1.54) is 5.56 Å². The number of carbonyl (C=O) groups is 1. The molecule has 2 saturated heterocycles. The van der Waals surface area contributed by atoms with Gasteiger partial charge >= 0.3 is 6.03 Å². The number of fused-ring (bicyclic) bond motifs is 1. The Morgan fingerprint density at radius 2 is 1.74 bits per heavy atom. The summed E-state index contributed by atoms with van der Waals surface area (Å²) in [6.45, 7) is 8.33. The number of rotatable bonds is 3. The van der Waals surface area contributed by atoms with Gasteiger partial charge in [0.2, 0.25) is 0 Å². The number of hydrogen-bond donors (Lipinski definition) is 1. The highest BCUT2D eigenvalue weighted by Gasteiger charge is 2.54. The van der Waals surface area contributed by atoms with E-state index in [0.29, 0.717) is 31.0 Å². The van der Waals surface area contributed by atoms with Crippen molar-refractivity contribution in [1.82, 2.24) is 9.80 Å². The lowest BCUT2D eigenvalue weighted by Gasteiger charge is -2.62. The number of nitrogens with one attached hydrogen (secondary N) is 1. The first-order valence-corrected chi connectivity index (χ1v) is 11.3. The third kappa shape index (κ3) is 3.74. The van der Waals surface area contributed by atoms with E-state index in [2.05, 4.69) is 54.4 Å². The number of likely N-dealkylation sites (tertiary alicyclic amines) is 2. The van der Waals surface area contributed by atoms with Crippen LogP contribution in [0, 0.1) is 5.41 Å². The van der Waals surface area contributed by atoms with Gasteiger partial charge in [-0.3, -0.25) is 4.90 Å². The summed E-state index contributed by atoms with van der Waals surface area (Å²) >= 11 is 0. The number of ether oxygens (including phenoxy) is 2. The molecule has 3 aliphatic heterocycles. The highest BCUT2D eigenvalue weighted by molar-refractivity contribution is 5.89. The molecule has 164 valence electrons.